The van der Waals surface area contributed by atoms with Gasteiger partial charge >= 0.3 is 18.1 Å². The van der Waals surface area contributed by atoms with Gasteiger partial charge in [0.15, 0.2) is 0 Å². The predicted molar refractivity (Wildman–Crippen MR) is 52.4 cm³/mol. The molecule has 100 valence electrons. The Kier molecular flexibility index (Phi) is 4.35. The number of hydrogen-bond acceptors (Lipinski definition) is 3. The summed E-state index contributed by atoms with van der Waals surface area (Å²) in [6.45, 7) is -0.951. The number of carboxylic acid groups (broad SMARTS) is 1. The van der Waals surface area contributed by atoms with Gasteiger partial charge in [0.2, 0.25) is 0 Å². The van der Waals surface area contributed by atoms with Gasteiger partial charge in [0.25, 0.3) is 0 Å². The van der Waals surface area contributed by atoms with Crippen LogP contribution in [0.15, 0.2) is 22.8 Å². The zero-order valence-electron chi connectivity index (χ0n) is 9.11. The van der Waals surface area contributed by atoms with Gasteiger partial charge in [-0.1, -0.05) is 0 Å². The zero-order chi connectivity index (χ0) is 13.8. The van der Waals surface area contributed by atoms with Crippen LogP contribution in [0.4, 0.5) is 13.2 Å². The number of carboxylic acids is 1. The van der Waals surface area contributed by atoms with Crippen molar-refractivity contribution in [2.24, 2.45) is 0 Å². The van der Waals surface area contributed by atoms with E-state index in [0.29, 0.717) is 4.90 Å². The van der Waals surface area contributed by atoms with Crippen molar-refractivity contribution in [3.8, 4) is 0 Å². The fourth-order valence-electron chi connectivity index (χ4n) is 1.25. The van der Waals surface area contributed by atoms with Crippen LogP contribution < -0.4 is 0 Å². The van der Waals surface area contributed by atoms with Crippen LogP contribution in [0, 0.1) is 0 Å². The van der Waals surface area contributed by atoms with Gasteiger partial charge in [-0.25, -0.2) is 0 Å². The molecule has 0 aliphatic heterocycles. The number of furan rings is 1. The molecule has 18 heavy (non-hydrogen) atoms. The third kappa shape index (κ3) is 4.11. The van der Waals surface area contributed by atoms with E-state index >= 15 is 0 Å². The van der Waals surface area contributed by atoms with Gasteiger partial charge in [0, 0.05) is 6.54 Å². The van der Waals surface area contributed by atoms with Crippen LogP contribution in [-0.2, 0) is 16.1 Å². The third-order valence-electron chi connectivity index (χ3n) is 2.05. The molecule has 0 bridgehead atoms. The van der Waals surface area contributed by atoms with Crippen molar-refractivity contribution < 1.29 is 32.3 Å². The number of amides is 1. The van der Waals surface area contributed by atoms with Crippen molar-refractivity contribution in [2.75, 3.05) is 6.54 Å². The molecule has 0 atom stereocenters. The molecular weight excluding hydrogens is 255 g/mol. The monoisotopic (exact) mass is 265 g/mol. The number of halogens is 3. The Morgan fingerprint density at radius 1 is 1.39 bits per heavy atom. The lowest BCUT2D eigenvalue weighted by atomic mass is 10.3. The molecule has 1 aromatic rings. The lowest BCUT2D eigenvalue weighted by Crippen LogP contribution is -2.41. The largest absolute Gasteiger partial charge is 0.481 e. The molecule has 0 aliphatic carbocycles. The highest BCUT2D eigenvalue weighted by molar-refractivity contribution is 5.82. The Morgan fingerprint density at radius 3 is 2.50 bits per heavy atom. The summed E-state index contributed by atoms with van der Waals surface area (Å²) < 4.78 is 41.7. The molecule has 1 amide bonds. The third-order valence-corrected chi connectivity index (χ3v) is 2.05. The van der Waals surface area contributed by atoms with Crippen LogP contribution in [-0.4, -0.2) is 34.6 Å². The van der Waals surface area contributed by atoms with E-state index in [0.717, 1.165) is 0 Å². The molecule has 0 fully saturated rings. The van der Waals surface area contributed by atoms with Crippen LogP contribution >= 0.6 is 0 Å². The topological polar surface area (TPSA) is 70.8 Å². The average Bonchev–Trinajstić information content (AvgIpc) is 2.74. The zero-order valence-corrected chi connectivity index (χ0v) is 9.11. The van der Waals surface area contributed by atoms with Gasteiger partial charge in [-0.2, -0.15) is 13.2 Å². The van der Waals surface area contributed by atoms with Gasteiger partial charge in [-0.15, -0.1) is 0 Å². The maximum Gasteiger partial charge on any atom is 0.471 e. The highest BCUT2D eigenvalue weighted by Gasteiger charge is 2.42. The first kappa shape index (κ1) is 14.1. The van der Waals surface area contributed by atoms with Crippen molar-refractivity contribution in [2.45, 2.75) is 19.1 Å². The fourth-order valence-corrected chi connectivity index (χ4v) is 1.25. The second kappa shape index (κ2) is 5.56. The molecule has 8 heteroatoms. The summed E-state index contributed by atoms with van der Waals surface area (Å²) in [6.07, 6.45) is -4.35. The van der Waals surface area contributed by atoms with E-state index < -0.39 is 37.6 Å². The number of carbonyl (C=O) groups is 2. The maximum atomic E-state index is 12.3. The van der Waals surface area contributed by atoms with Crippen LogP contribution in [0.25, 0.3) is 0 Å². The SMILES string of the molecule is O=C(O)CCN(Cc1ccco1)C(=O)C(F)(F)F. The number of hydrogen-bond donors (Lipinski definition) is 1. The van der Waals surface area contributed by atoms with Crippen LogP contribution in [0.2, 0.25) is 0 Å². The standard InChI is InChI=1S/C10H10F3NO4/c11-10(12,13)9(17)14(4-3-8(15)16)6-7-2-1-5-18-7/h1-2,5H,3-4,6H2,(H,15,16). The number of alkyl halides is 3. The summed E-state index contributed by atoms with van der Waals surface area (Å²) in [6, 6.07) is 2.86. The summed E-state index contributed by atoms with van der Waals surface area (Å²) in [5.74, 6) is -3.22. The quantitative estimate of drug-likeness (QED) is 0.878. The number of nitrogens with zero attached hydrogens (tertiary/aromatic N) is 1. The Bertz CT molecular complexity index is 413. The molecule has 5 nitrogen and oxygen atoms in total. The maximum absolute atomic E-state index is 12.3. The number of aliphatic carboxylic acids is 1. The minimum atomic E-state index is -5.04. The smallest absolute Gasteiger partial charge is 0.471 e. The molecule has 0 aromatic carbocycles. The van der Waals surface area contributed by atoms with Crippen molar-refractivity contribution in [3.63, 3.8) is 0 Å². The number of carbonyl (C=O) groups excluding carboxylic acids is 1. The summed E-state index contributed by atoms with van der Waals surface area (Å²) in [4.78, 5) is 21.8. The van der Waals surface area contributed by atoms with Crippen LogP contribution in [0.3, 0.4) is 0 Å². The Balaban J connectivity index is 2.74. The van der Waals surface area contributed by atoms with Crippen LogP contribution in [0.5, 0.6) is 0 Å². The van der Waals surface area contributed by atoms with E-state index in [1.54, 1.807) is 0 Å². The minimum Gasteiger partial charge on any atom is -0.481 e. The predicted octanol–water partition coefficient (Wildman–Crippen LogP) is 1.65. The Hall–Kier alpha value is -1.99. The van der Waals surface area contributed by atoms with E-state index in [1.807, 2.05) is 0 Å². The van der Waals surface area contributed by atoms with Gasteiger partial charge in [-0.3, -0.25) is 9.59 Å². The molecule has 0 saturated carbocycles. The van der Waals surface area contributed by atoms with Crippen molar-refractivity contribution in [1.29, 1.82) is 0 Å². The average molecular weight is 265 g/mol. The molecule has 0 spiro atoms. The first-order valence-corrected chi connectivity index (χ1v) is 4.91. The summed E-state index contributed by atoms with van der Waals surface area (Å²) in [5.41, 5.74) is 0. The van der Waals surface area contributed by atoms with Gasteiger partial charge in [0.05, 0.1) is 19.2 Å². The normalized spacial score (nSPS) is 11.3. The first-order chi connectivity index (χ1) is 8.30. The highest BCUT2D eigenvalue weighted by atomic mass is 19.4. The molecule has 0 radical (unpaired) electrons. The van der Waals surface area contributed by atoms with E-state index in [4.69, 9.17) is 9.52 Å². The molecular formula is C10H10F3NO4. The summed E-state index contributed by atoms with van der Waals surface area (Å²) in [7, 11) is 0. The second-order valence-corrected chi connectivity index (χ2v) is 3.45. The molecule has 1 N–H and O–H groups in total. The molecule has 0 unspecified atom stereocenters. The van der Waals surface area contributed by atoms with Gasteiger partial charge in [-0.05, 0) is 12.1 Å². The van der Waals surface area contributed by atoms with E-state index in [9.17, 15) is 22.8 Å². The van der Waals surface area contributed by atoms with Crippen LogP contribution in [0.1, 0.15) is 12.2 Å². The lowest BCUT2D eigenvalue weighted by molar-refractivity contribution is -0.186. The molecule has 1 heterocycles. The van der Waals surface area contributed by atoms with Gasteiger partial charge < -0.3 is 14.4 Å². The highest BCUT2D eigenvalue weighted by Crippen LogP contribution is 2.20. The summed E-state index contributed by atoms with van der Waals surface area (Å²) in [5, 5.41) is 8.43. The Labute approximate surface area is 99.8 Å². The summed E-state index contributed by atoms with van der Waals surface area (Å²) >= 11 is 0. The molecule has 0 aliphatic rings. The van der Waals surface area contributed by atoms with Crippen molar-refractivity contribution in [1.82, 2.24) is 4.90 Å². The molecule has 0 saturated heterocycles. The van der Waals surface area contributed by atoms with E-state index in [1.165, 1.54) is 18.4 Å². The Morgan fingerprint density at radius 2 is 2.06 bits per heavy atom. The number of rotatable bonds is 5. The van der Waals surface area contributed by atoms with Gasteiger partial charge in [0.1, 0.15) is 5.76 Å². The molecule has 1 aromatic heterocycles. The van der Waals surface area contributed by atoms with E-state index in [2.05, 4.69) is 0 Å². The fraction of sp³-hybridized carbons (Fsp3) is 0.400. The minimum absolute atomic E-state index is 0.151. The van der Waals surface area contributed by atoms with Crippen molar-refractivity contribution >= 4 is 11.9 Å². The second-order valence-electron chi connectivity index (χ2n) is 3.45. The first-order valence-electron chi connectivity index (χ1n) is 4.91. The van der Waals surface area contributed by atoms with Crippen molar-refractivity contribution in [3.05, 3.63) is 24.2 Å². The van der Waals surface area contributed by atoms with E-state index in [-0.39, 0.29) is 5.76 Å². The lowest BCUT2D eigenvalue weighted by Gasteiger charge is -2.21. The molecule has 1 rings (SSSR count).